The third-order valence-corrected chi connectivity index (χ3v) is 3.15. The van der Waals surface area contributed by atoms with Gasteiger partial charge in [-0.3, -0.25) is 4.79 Å². The monoisotopic (exact) mass is 254 g/mol. The van der Waals surface area contributed by atoms with E-state index >= 15 is 0 Å². The van der Waals surface area contributed by atoms with Crippen molar-refractivity contribution >= 4 is 23.2 Å². The molecule has 5 heteroatoms. The third-order valence-electron chi connectivity index (χ3n) is 2.75. The molecule has 1 aromatic rings. The molecule has 1 saturated heterocycles. The highest BCUT2D eigenvalue weighted by molar-refractivity contribution is 6.30. The Kier molecular flexibility index (Phi) is 3.97. The second kappa shape index (κ2) is 5.47. The van der Waals surface area contributed by atoms with Crippen LogP contribution in [0, 0.1) is 6.92 Å². The van der Waals surface area contributed by atoms with Crippen molar-refractivity contribution in [3.05, 3.63) is 23.0 Å². The molecule has 0 aliphatic carbocycles. The molecule has 1 N–H and O–H groups in total. The molecule has 0 saturated carbocycles. The molecule has 2 rings (SSSR count). The van der Waals surface area contributed by atoms with Gasteiger partial charge in [-0.2, -0.15) is 0 Å². The fourth-order valence-electron chi connectivity index (χ4n) is 1.80. The molecule has 1 unspecified atom stereocenters. The van der Waals surface area contributed by atoms with E-state index in [-0.39, 0.29) is 12.0 Å². The molecule has 1 aromatic heterocycles. The van der Waals surface area contributed by atoms with Gasteiger partial charge in [-0.25, -0.2) is 4.98 Å². The number of carbonyl (C=O) groups excluding carboxylic acids is 1. The molecule has 1 amide bonds. The number of carbonyl (C=O) groups is 1. The van der Waals surface area contributed by atoms with Gasteiger partial charge in [0, 0.05) is 6.61 Å². The number of hydrogen-bond acceptors (Lipinski definition) is 3. The zero-order valence-electron chi connectivity index (χ0n) is 9.70. The average molecular weight is 255 g/mol. The standard InChI is InChI=1S/C12H15ClN2O2/c1-8-6-9(7-14-11(8)13)15-12(16)10-4-2-3-5-17-10/h6-7,10H,2-5H2,1H3,(H,15,16). The van der Waals surface area contributed by atoms with Crippen LogP contribution in [0.3, 0.4) is 0 Å². The smallest absolute Gasteiger partial charge is 0.253 e. The van der Waals surface area contributed by atoms with Crippen molar-refractivity contribution < 1.29 is 9.53 Å². The summed E-state index contributed by atoms with van der Waals surface area (Å²) < 4.78 is 5.41. The van der Waals surface area contributed by atoms with Crippen molar-refractivity contribution in [1.29, 1.82) is 0 Å². The predicted molar refractivity (Wildman–Crippen MR) is 66.2 cm³/mol. The van der Waals surface area contributed by atoms with Crippen molar-refractivity contribution in [2.24, 2.45) is 0 Å². The van der Waals surface area contributed by atoms with Gasteiger partial charge in [-0.1, -0.05) is 11.6 Å². The first-order valence-corrected chi connectivity index (χ1v) is 6.09. The van der Waals surface area contributed by atoms with Crippen LogP contribution in [0.15, 0.2) is 12.3 Å². The van der Waals surface area contributed by atoms with E-state index in [9.17, 15) is 4.79 Å². The van der Waals surface area contributed by atoms with Crippen LogP contribution >= 0.6 is 11.6 Å². The molecule has 17 heavy (non-hydrogen) atoms. The summed E-state index contributed by atoms with van der Waals surface area (Å²) in [6, 6.07) is 1.80. The number of nitrogens with zero attached hydrogens (tertiary/aromatic N) is 1. The summed E-state index contributed by atoms with van der Waals surface area (Å²) in [5.41, 5.74) is 1.50. The van der Waals surface area contributed by atoms with E-state index in [2.05, 4.69) is 10.3 Å². The van der Waals surface area contributed by atoms with Crippen LogP contribution in [0.4, 0.5) is 5.69 Å². The Morgan fingerprint density at radius 1 is 1.59 bits per heavy atom. The van der Waals surface area contributed by atoms with Gasteiger partial charge in [0.2, 0.25) is 0 Å². The van der Waals surface area contributed by atoms with Gasteiger partial charge in [-0.05, 0) is 37.8 Å². The minimum atomic E-state index is -0.334. The maximum Gasteiger partial charge on any atom is 0.253 e. The first-order valence-electron chi connectivity index (χ1n) is 5.71. The van der Waals surface area contributed by atoms with Gasteiger partial charge in [0.05, 0.1) is 11.9 Å². The zero-order chi connectivity index (χ0) is 12.3. The molecule has 1 aliphatic heterocycles. The molecular formula is C12H15ClN2O2. The average Bonchev–Trinajstić information content (AvgIpc) is 2.35. The van der Waals surface area contributed by atoms with Gasteiger partial charge in [-0.15, -0.1) is 0 Å². The van der Waals surface area contributed by atoms with Gasteiger partial charge >= 0.3 is 0 Å². The number of pyridine rings is 1. The van der Waals surface area contributed by atoms with E-state index < -0.39 is 0 Å². The van der Waals surface area contributed by atoms with Crippen LogP contribution in [0.5, 0.6) is 0 Å². The number of ether oxygens (including phenoxy) is 1. The fourth-order valence-corrected chi connectivity index (χ4v) is 1.90. The Labute approximate surface area is 105 Å². The van der Waals surface area contributed by atoms with Crippen LogP contribution in [-0.4, -0.2) is 23.6 Å². The van der Waals surface area contributed by atoms with Crippen molar-refractivity contribution in [2.75, 3.05) is 11.9 Å². The quantitative estimate of drug-likeness (QED) is 0.826. The Morgan fingerprint density at radius 2 is 2.41 bits per heavy atom. The first-order chi connectivity index (χ1) is 8.16. The summed E-state index contributed by atoms with van der Waals surface area (Å²) in [5.74, 6) is -0.103. The molecule has 92 valence electrons. The molecule has 0 spiro atoms. The molecule has 0 aromatic carbocycles. The van der Waals surface area contributed by atoms with E-state index in [1.165, 1.54) is 0 Å². The Bertz CT molecular complexity index is 417. The number of aryl methyl sites for hydroxylation is 1. The van der Waals surface area contributed by atoms with Gasteiger partial charge in [0.25, 0.3) is 5.91 Å². The minimum absolute atomic E-state index is 0.103. The number of amides is 1. The summed E-state index contributed by atoms with van der Waals surface area (Å²) >= 11 is 5.82. The highest BCUT2D eigenvalue weighted by Crippen LogP contribution is 2.18. The van der Waals surface area contributed by atoms with Gasteiger partial charge < -0.3 is 10.1 Å². The number of anilines is 1. The lowest BCUT2D eigenvalue weighted by atomic mass is 10.1. The van der Waals surface area contributed by atoms with Crippen molar-refractivity contribution in [3.8, 4) is 0 Å². The van der Waals surface area contributed by atoms with E-state index in [1.807, 2.05) is 6.92 Å². The summed E-state index contributed by atoms with van der Waals surface area (Å²) in [6.07, 6.45) is 4.07. The summed E-state index contributed by atoms with van der Waals surface area (Å²) in [6.45, 7) is 2.51. The largest absolute Gasteiger partial charge is 0.368 e. The van der Waals surface area contributed by atoms with E-state index in [0.717, 1.165) is 24.8 Å². The van der Waals surface area contributed by atoms with Crippen LogP contribution in [-0.2, 0) is 9.53 Å². The van der Waals surface area contributed by atoms with Crippen LogP contribution in [0.2, 0.25) is 5.15 Å². The van der Waals surface area contributed by atoms with Gasteiger partial charge in [0.15, 0.2) is 0 Å². The number of nitrogens with one attached hydrogen (secondary N) is 1. The summed E-state index contributed by atoms with van der Waals surface area (Å²) in [4.78, 5) is 15.9. The molecule has 4 nitrogen and oxygen atoms in total. The zero-order valence-corrected chi connectivity index (χ0v) is 10.5. The number of aromatic nitrogens is 1. The van der Waals surface area contributed by atoms with Crippen molar-refractivity contribution in [1.82, 2.24) is 4.98 Å². The molecular weight excluding hydrogens is 240 g/mol. The highest BCUT2D eigenvalue weighted by Gasteiger charge is 2.21. The van der Waals surface area contributed by atoms with Gasteiger partial charge in [0.1, 0.15) is 11.3 Å². The van der Waals surface area contributed by atoms with Crippen LogP contribution in [0.1, 0.15) is 24.8 Å². The molecule has 0 bridgehead atoms. The fraction of sp³-hybridized carbons (Fsp3) is 0.500. The molecule has 0 radical (unpaired) electrons. The van der Waals surface area contributed by atoms with Crippen molar-refractivity contribution in [3.63, 3.8) is 0 Å². The topological polar surface area (TPSA) is 51.2 Å². The molecule has 1 aliphatic rings. The Hall–Kier alpha value is -1.13. The van der Waals surface area contributed by atoms with Crippen molar-refractivity contribution in [2.45, 2.75) is 32.3 Å². The molecule has 2 heterocycles. The summed E-state index contributed by atoms with van der Waals surface area (Å²) in [5, 5.41) is 3.25. The maximum absolute atomic E-state index is 11.9. The Morgan fingerprint density at radius 3 is 3.06 bits per heavy atom. The number of halogens is 1. The maximum atomic E-state index is 11.9. The third kappa shape index (κ3) is 3.17. The summed E-state index contributed by atoms with van der Waals surface area (Å²) in [7, 11) is 0. The molecule has 1 fully saturated rings. The number of rotatable bonds is 2. The van der Waals surface area contributed by atoms with E-state index in [1.54, 1.807) is 12.3 Å². The van der Waals surface area contributed by atoms with Crippen LogP contribution in [0.25, 0.3) is 0 Å². The second-order valence-electron chi connectivity index (χ2n) is 4.18. The first kappa shape index (κ1) is 12.3. The Balaban J connectivity index is 1.99. The highest BCUT2D eigenvalue weighted by atomic mass is 35.5. The SMILES string of the molecule is Cc1cc(NC(=O)C2CCCCO2)cnc1Cl. The lowest BCUT2D eigenvalue weighted by Crippen LogP contribution is -2.33. The second-order valence-corrected chi connectivity index (χ2v) is 4.53. The minimum Gasteiger partial charge on any atom is -0.368 e. The van der Waals surface area contributed by atoms with E-state index in [4.69, 9.17) is 16.3 Å². The normalized spacial score (nSPS) is 20.0. The molecule has 1 atom stereocenters. The van der Waals surface area contributed by atoms with Crippen LogP contribution < -0.4 is 5.32 Å². The van der Waals surface area contributed by atoms with E-state index in [0.29, 0.717) is 17.4 Å². The lowest BCUT2D eigenvalue weighted by Gasteiger charge is -2.21. The predicted octanol–water partition coefficient (Wildman–Crippen LogP) is 2.55. The number of hydrogen-bond donors (Lipinski definition) is 1. The lowest BCUT2D eigenvalue weighted by molar-refractivity contribution is -0.129.